The number of ether oxygens (including phenoxy) is 2. The Bertz CT molecular complexity index is 640. The van der Waals surface area contributed by atoms with Crippen LogP contribution in [-0.4, -0.2) is 57.1 Å². The van der Waals surface area contributed by atoms with E-state index in [4.69, 9.17) is 9.84 Å². The Morgan fingerprint density at radius 1 is 1.17 bits per heavy atom. The second-order valence-electron chi connectivity index (χ2n) is 4.62. The SMILES string of the molecule is COC(=O)CCOc1ccc(S(=O)(=O)N(C)CCC(=O)O)cc1. The van der Waals surface area contributed by atoms with Gasteiger partial charge in [-0.15, -0.1) is 0 Å². The molecule has 0 saturated carbocycles. The second-order valence-corrected chi connectivity index (χ2v) is 6.66. The molecule has 1 aromatic rings. The normalized spacial score (nSPS) is 11.3. The van der Waals surface area contributed by atoms with Crippen LogP contribution in [0.2, 0.25) is 0 Å². The highest BCUT2D eigenvalue weighted by Gasteiger charge is 2.21. The highest BCUT2D eigenvalue weighted by atomic mass is 32.2. The van der Waals surface area contributed by atoms with Gasteiger partial charge in [0.1, 0.15) is 5.75 Å². The number of rotatable bonds is 9. The molecule has 9 heteroatoms. The van der Waals surface area contributed by atoms with Gasteiger partial charge < -0.3 is 14.6 Å². The van der Waals surface area contributed by atoms with E-state index in [-0.39, 0.29) is 30.9 Å². The van der Waals surface area contributed by atoms with Crippen LogP contribution in [0.25, 0.3) is 0 Å². The van der Waals surface area contributed by atoms with Gasteiger partial charge in [0, 0.05) is 13.6 Å². The molecule has 0 bridgehead atoms. The van der Waals surface area contributed by atoms with Crippen LogP contribution in [0, 0.1) is 0 Å². The van der Waals surface area contributed by atoms with Crippen molar-refractivity contribution in [2.45, 2.75) is 17.7 Å². The molecule has 1 N–H and O–H groups in total. The van der Waals surface area contributed by atoms with Crippen LogP contribution in [0.15, 0.2) is 29.2 Å². The summed E-state index contributed by atoms with van der Waals surface area (Å²) in [6.07, 6.45) is -0.182. The minimum atomic E-state index is -3.75. The summed E-state index contributed by atoms with van der Waals surface area (Å²) in [5.41, 5.74) is 0. The standard InChI is InChI=1S/C14H19NO7S/c1-15(9-7-13(16)17)23(19,20)12-5-3-11(4-6-12)22-10-8-14(18)21-2/h3-6H,7-10H2,1-2H3,(H,16,17). The predicted octanol–water partition coefficient (Wildman–Crippen LogP) is 0.724. The van der Waals surface area contributed by atoms with Gasteiger partial charge in [-0.05, 0) is 24.3 Å². The van der Waals surface area contributed by atoms with E-state index in [1.165, 1.54) is 38.4 Å². The lowest BCUT2D eigenvalue weighted by Crippen LogP contribution is -2.29. The number of hydrogen-bond acceptors (Lipinski definition) is 6. The molecule has 0 unspecified atom stereocenters. The monoisotopic (exact) mass is 345 g/mol. The summed E-state index contributed by atoms with van der Waals surface area (Å²) >= 11 is 0. The third kappa shape index (κ3) is 5.87. The molecule has 8 nitrogen and oxygen atoms in total. The second kappa shape index (κ2) is 8.49. The van der Waals surface area contributed by atoms with E-state index in [1.54, 1.807) is 0 Å². The van der Waals surface area contributed by atoms with Crippen LogP contribution in [-0.2, 0) is 24.3 Å². The van der Waals surface area contributed by atoms with E-state index >= 15 is 0 Å². The Labute approximate surface area is 134 Å². The van der Waals surface area contributed by atoms with Crippen molar-refractivity contribution in [2.75, 3.05) is 27.3 Å². The quantitative estimate of drug-likeness (QED) is 0.657. The summed E-state index contributed by atoms with van der Waals surface area (Å²) in [7, 11) is -1.15. The molecule has 0 aliphatic carbocycles. The summed E-state index contributed by atoms with van der Waals surface area (Å²) in [6, 6.07) is 5.66. The van der Waals surface area contributed by atoms with E-state index in [2.05, 4.69) is 4.74 Å². The summed E-state index contributed by atoms with van der Waals surface area (Å²) in [4.78, 5) is 21.5. The van der Waals surface area contributed by atoms with E-state index < -0.39 is 22.0 Å². The highest BCUT2D eigenvalue weighted by Crippen LogP contribution is 2.19. The molecule has 0 aliphatic heterocycles. The number of nitrogens with zero attached hydrogens (tertiary/aromatic N) is 1. The maximum Gasteiger partial charge on any atom is 0.308 e. The number of benzene rings is 1. The van der Waals surface area contributed by atoms with Crippen molar-refractivity contribution < 1.29 is 32.6 Å². The number of carboxylic acids is 1. The van der Waals surface area contributed by atoms with Gasteiger partial charge in [-0.1, -0.05) is 0 Å². The number of sulfonamides is 1. The molecule has 0 saturated heterocycles. The maximum atomic E-state index is 12.2. The molecular formula is C14H19NO7S. The average Bonchev–Trinajstić information content (AvgIpc) is 2.52. The summed E-state index contributed by atoms with van der Waals surface area (Å²) in [6.45, 7) is 0.00628. The molecule has 0 heterocycles. The molecule has 128 valence electrons. The molecular weight excluding hydrogens is 326 g/mol. The van der Waals surface area contributed by atoms with E-state index in [0.717, 1.165) is 4.31 Å². The zero-order valence-corrected chi connectivity index (χ0v) is 13.7. The highest BCUT2D eigenvalue weighted by molar-refractivity contribution is 7.89. The van der Waals surface area contributed by atoms with Crippen LogP contribution < -0.4 is 4.74 Å². The average molecular weight is 345 g/mol. The number of methoxy groups -OCH3 is 1. The van der Waals surface area contributed by atoms with Crippen molar-refractivity contribution in [3.63, 3.8) is 0 Å². The summed E-state index contributed by atoms with van der Waals surface area (Å²) in [5, 5.41) is 8.60. The first-order valence-electron chi connectivity index (χ1n) is 6.75. The van der Waals surface area contributed by atoms with Crippen molar-refractivity contribution in [3.8, 4) is 5.75 Å². The molecule has 0 spiro atoms. The number of carboxylic acid groups (broad SMARTS) is 1. The minimum absolute atomic E-state index is 0.0331. The van der Waals surface area contributed by atoms with E-state index in [9.17, 15) is 18.0 Å². The number of hydrogen-bond donors (Lipinski definition) is 1. The lowest BCUT2D eigenvalue weighted by atomic mass is 10.3. The molecule has 0 radical (unpaired) electrons. The Kier molecular flexibility index (Phi) is 6.98. The van der Waals surface area contributed by atoms with Gasteiger partial charge in [-0.25, -0.2) is 12.7 Å². The first-order chi connectivity index (χ1) is 10.8. The van der Waals surface area contributed by atoms with Crippen molar-refractivity contribution in [2.24, 2.45) is 0 Å². The molecule has 0 fully saturated rings. The van der Waals surface area contributed by atoms with Crippen LogP contribution in [0.4, 0.5) is 0 Å². The first kappa shape index (κ1) is 18.9. The molecule has 0 amide bonds. The zero-order chi connectivity index (χ0) is 17.5. The number of carbonyl (C=O) groups excluding carboxylic acids is 1. The number of aliphatic carboxylic acids is 1. The van der Waals surface area contributed by atoms with Gasteiger partial charge in [0.25, 0.3) is 0 Å². The third-order valence-electron chi connectivity index (χ3n) is 2.98. The number of esters is 1. The lowest BCUT2D eigenvalue weighted by Gasteiger charge is -2.16. The Balaban J connectivity index is 2.67. The van der Waals surface area contributed by atoms with Gasteiger partial charge in [0.05, 0.1) is 31.5 Å². The maximum absolute atomic E-state index is 12.2. The summed E-state index contributed by atoms with van der Waals surface area (Å²) < 4.78 is 35.2. The molecule has 1 rings (SSSR count). The van der Waals surface area contributed by atoms with Gasteiger partial charge in [-0.3, -0.25) is 9.59 Å². The Hall–Kier alpha value is -2.13. The first-order valence-corrected chi connectivity index (χ1v) is 8.19. The lowest BCUT2D eigenvalue weighted by molar-refractivity contribution is -0.141. The van der Waals surface area contributed by atoms with E-state index in [1.807, 2.05) is 0 Å². The van der Waals surface area contributed by atoms with Crippen LogP contribution in [0.1, 0.15) is 12.8 Å². The fourth-order valence-electron chi connectivity index (χ4n) is 1.62. The van der Waals surface area contributed by atoms with Crippen molar-refractivity contribution in [1.82, 2.24) is 4.31 Å². The van der Waals surface area contributed by atoms with Crippen LogP contribution in [0.3, 0.4) is 0 Å². The largest absolute Gasteiger partial charge is 0.493 e. The van der Waals surface area contributed by atoms with E-state index in [0.29, 0.717) is 5.75 Å². The molecule has 0 atom stereocenters. The fourth-order valence-corrected chi connectivity index (χ4v) is 2.79. The third-order valence-corrected chi connectivity index (χ3v) is 4.85. The number of carbonyl (C=O) groups is 2. The molecule has 0 aliphatic rings. The smallest absolute Gasteiger partial charge is 0.308 e. The Morgan fingerprint density at radius 2 is 1.78 bits per heavy atom. The van der Waals surface area contributed by atoms with Gasteiger partial charge in [0.2, 0.25) is 10.0 Å². The topological polar surface area (TPSA) is 110 Å². The van der Waals surface area contributed by atoms with Crippen molar-refractivity contribution in [3.05, 3.63) is 24.3 Å². The van der Waals surface area contributed by atoms with Gasteiger partial charge in [0.15, 0.2) is 0 Å². The minimum Gasteiger partial charge on any atom is -0.493 e. The van der Waals surface area contributed by atoms with Crippen LogP contribution in [0.5, 0.6) is 5.75 Å². The predicted molar refractivity (Wildman–Crippen MR) is 80.6 cm³/mol. The summed E-state index contributed by atoms with van der Waals surface area (Å²) in [5.74, 6) is -1.05. The van der Waals surface area contributed by atoms with Gasteiger partial charge >= 0.3 is 11.9 Å². The van der Waals surface area contributed by atoms with Crippen LogP contribution >= 0.6 is 0 Å². The fraction of sp³-hybridized carbons (Fsp3) is 0.429. The van der Waals surface area contributed by atoms with Gasteiger partial charge in [-0.2, -0.15) is 0 Å². The zero-order valence-electron chi connectivity index (χ0n) is 12.9. The molecule has 0 aromatic heterocycles. The molecule has 1 aromatic carbocycles. The Morgan fingerprint density at radius 3 is 2.30 bits per heavy atom. The van der Waals surface area contributed by atoms with Crippen molar-refractivity contribution in [1.29, 1.82) is 0 Å². The molecule has 23 heavy (non-hydrogen) atoms. The van der Waals surface area contributed by atoms with Crippen molar-refractivity contribution >= 4 is 22.0 Å².